The van der Waals surface area contributed by atoms with Crippen LogP contribution in [0.4, 0.5) is 10.5 Å². The van der Waals surface area contributed by atoms with Crippen molar-refractivity contribution >= 4 is 11.7 Å². The van der Waals surface area contributed by atoms with Gasteiger partial charge in [-0.05, 0) is 34.9 Å². The van der Waals surface area contributed by atoms with Gasteiger partial charge < -0.3 is 15.4 Å². The third-order valence-electron chi connectivity index (χ3n) is 5.06. The fraction of sp³-hybridized carbons (Fsp3) is 0.160. The quantitative estimate of drug-likeness (QED) is 0.441. The molecule has 0 atom stereocenters. The summed E-state index contributed by atoms with van der Waals surface area (Å²) < 4.78 is 7.25. The molecular formula is C25H25N5O2. The molecular weight excluding hydrogens is 402 g/mol. The number of carbonyl (C=O) groups is 1. The maximum atomic E-state index is 12.4. The summed E-state index contributed by atoms with van der Waals surface area (Å²) >= 11 is 0. The van der Waals surface area contributed by atoms with Crippen LogP contribution in [0.25, 0.3) is 0 Å². The number of benzene rings is 3. The molecule has 0 saturated carbocycles. The molecule has 4 aromatic rings. The maximum absolute atomic E-state index is 12.4. The van der Waals surface area contributed by atoms with Crippen LogP contribution in [0.3, 0.4) is 0 Å². The van der Waals surface area contributed by atoms with Gasteiger partial charge in [0.25, 0.3) is 0 Å². The largest absolute Gasteiger partial charge is 0.496 e. The highest BCUT2D eigenvalue weighted by Crippen LogP contribution is 2.25. The molecule has 0 aliphatic heterocycles. The van der Waals surface area contributed by atoms with Crippen LogP contribution >= 0.6 is 0 Å². The number of urea groups is 1. The van der Waals surface area contributed by atoms with E-state index < -0.39 is 0 Å². The summed E-state index contributed by atoms with van der Waals surface area (Å²) in [5.41, 5.74) is 5.05. The number of rotatable bonds is 8. The molecule has 2 amide bonds. The number of hydrogen-bond donors (Lipinski definition) is 2. The summed E-state index contributed by atoms with van der Waals surface area (Å²) in [6, 6.07) is 23.6. The number of aromatic nitrogens is 3. The van der Waals surface area contributed by atoms with Gasteiger partial charge in [0.1, 0.15) is 18.4 Å². The lowest BCUT2D eigenvalue weighted by Gasteiger charge is -2.13. The van der Waals surface area contributed by atoms with Crippen LogP contribution in [-0.2, 0) is 19.5 Å². The Labute approximate surface area is 187 Å². The first-order valence-electron chi connectivity index (χ1n) is 10.4. The van der Waals surface area contributed by atoms with E-state index in [1.54, 1.807) is 18.1 Å². The summed E-state index contributed by atoms with van der Waals surface area (Å²) in [7, 11) is 1.65. The number of amides is 2. The molecule has 0 fully saturated rings. The normalized spacial score (nSPS) is 10.5. The molecule has 0 aliphatic carbocycles. The Morgan fingerprint density at radius 3 is 2.47 bits per heavy atom. The molecule has 162 valence electrons. The van der Waals surface area contributed by atoms with Crippen molar-refractivity contribution in [3.63, 3.8) is 0 Å². The van der Waals surface area contributed by atoms with E-state index in [-0.39, 0.29) is 6.03 Å². The number of ether oxygens (including phenoxy) is 1. The smallest absolute Gasteiger partial charge is 0.319 e. The molecule has 32 heavy (non-hydrogen) atoms. The molecule has 1 heterocycles. The van der Waals surface area contributed by atoms with Crippen LogP contribution < -0.4 is 15.4 Å². The highest BCUT2D eigenvalue weighted by Gasteiger charge is 2.08. The van der Waals surface area contributed by atoms with Gasteiger partial charge in [0, 0.05) is 24.2 Å². The van der Waals surface area contributed by atoms with Crippen molar-refractivity contribution in [1.29, 1.82) is 0 Å². The van der Waals surface area contributed by atoms with Crippen LogP contribution in [0, 0.1) is 0 Å². The van der Waals surface area contributed by atoms with E-state index in [4.69, 9.17) is 4.74 Å². The van der Waals surface area contributed by atoms with E-state index in [1.807, 2.05) is 60.7 Å². The van der Waals surface area contributed by atoms with Gasteiger partial charge in [0.15, 0.2) is 0 Å². The highest BCUT2D eigenvalue weighted by molar-refractivity contribution is 5.89. The van der Waals surface area contributed by atoms with Gasteiger partial charge in [-0.3, -0.25) is 0 Å². The van der Waals surface area contributed by atoms with Gasteiger partial charge in [0.2, 0.25) is 0 Å². The highest BCUT2D eigenvalue weighted by atomic mass is 16.5. The lowest BCUT2D eigenvalue weighted by atomic mass is 10.0. The first kappa shape index (κ1) is 21.1. The van der Waals surface area contributed by atoms with Gasteiger partial charge >= 0.3 is 6.03 Å². The zero-order valence-electron chi connectivity index (χ0n) is 17.9. The number of hydrogen-bond acceptors (Lipinski definition) is 4. The molecule has 0 bridgehead atoms. The zero-order valence-corrected chi connectivity index (χ0v) is 17.9. The minimum atomic E-state index is -0.257. The first-order valence-corrected chi connectivity index (χ1v) is 10.4. The van der Waals surface area contributed by atoms with E-state index in [0.717, 1.165) is 34.5 Å². The number of anilines is 1. The Bertz CT molecular complexity index is 1140. The minimum absolute atomic E-state index is 0.257. The predicted octanol–water partition coefficient (Wildman–Crippen LogP) is 4.25. The predicted molar refractivity (Wildman–Crippen MR) is 124 cm³/mol. The van der Waals surface area contributed by atoms with E-state index in [9.17, 15) is 4.79 Å². The van der Waals surface area contributed by atoms with Gasteiger partial charge in [0.05, 0.1) is 13.7 Å². The lowest BCUT2D eigenvalue weighted by Crippen LogP contribution is -2.28. The first-order chi connectivity index (χ1) is 15.7. The molecule has 7 heteroatoms. The molecule has 7 nitrogen and oxygen atoms in total. The van der Waals surface area contributed by atoms with E-state index in [2.05, 4.69) is 32.8 Å². The summed E-state index contributed by atoms with van der Waals surface area (Å²) in [5.74, 6) is 0.797. The van der Waals surface area contributed by atoms with Crippen molar-refractivity contribution in [2.75, 3.05) is 12.4 Å². The SMILES string of the molecule is COc1ccc(NC(=O)NCc2ccc(Cn3cncn3)cc2)cc1Cc1ccccc1. The average Bonchev–Trinajstić information content (AvgIpc) is 3.33. The fourth-order valence-corrected chi connectivity index (χ4v) is 3.43. The summed E-state index contributed by atoms with van der Waals surface area (Å²) in [6.07, 6.45) is 3.93. The van der Waals surface area contributed by atoms with Crippen molar-refractivity contribution in [2.45, 2.75) is 19.5 Å². The van der Waals surface area contributed by atoms with Crippen LogP contribution in [0.1, 0.15) is 22.3 Å². The molecule has 0 spiro atoms. The molecule has 3 aromatic carbocycles. The van der Waals surface area contributed by atoms with Crippen LogP contribution in [-0.4, -0.2) is 27.9 Å². The van der Waals surface area contributed by atoms with E-state index in [0.29, 0.717) is 13.1 Å². The fourth-order valence-electron chi connectivity index (χ4n) is 3.43. The zero-order chi connectivity index (χ0) is 22.2. The Morgan fingerprint density at radius 2 is 1.75 bits per heavy atom. The molecule has 0 unspecified atom stereocenters. The second kappa shape index (κ2) is 10.3. The topological polar surface area (TPSA) is 81.1 Å². The Hall–Kier alpha value is -4.13. The van der Waals surface area contributed by atoms with Crippen molar-refractivity contribution in [1.82, 2.24) is 20.1 Å². The van der Waals surface area contributed by atoms with E-state index in [1.165, 1.54) is 11.9 Å². The molecule has 0 radical (unpaired) electrons. The lowest BCUT2D eigenvalue weighted by molar-refractivity contribution is 0.251. The number of methoxy groups -OCH3 is 1. The summed E-state index contributed by atoms with van der Waals surface area (Å²) in [4.78, 5) is 16.4. The summed E-state index contributed by atoms with van der Waals surface area (Å²) in [5, 5.41) is 9.91. The van der Waals surface area contributed by atoms with Gasteiger partial charge in [-0.1, -0.05) is 54.6 Å². The second-order valence-electron chi connectivity index (χ2n) is 7.41. The summed E-state index contributed by atoms with van der Waals surface area (Å²) in [6.45, 7) is 1.10. The molecule has 1 aromatic heterocycles. The molecule has 2 N–H and O–H groups in total. The number of nitrogens with one attached hydrogen (secondary N) is 2. The van der Waals surface area contributed by atoms with E-state index >= 15 is 0 Å². The third kappa shape index (κ3) is 5.72. The van der Waals surface area contributed by atoms with Crippen LogP contribution in [0.15, 0.2) is 85.5 Å². The Balaban J connectivity index is 1.33. The van der Waals surface area contributed by atoms with Gasteiger partial charge in [-0.15, -0.1) is 0 Å². The van der Waals surface area contributed by atoms with Crippen LogP contribution in [0.2, 0.25) is 0 Å². The number of nitrogens with zero attached hydrogens (tertiary/aromatic N) is 3. The second-order valence-corrected chi connectivity index (χ2v) is 7.41. The van der Waals surface area contributed by atoms with Gasteiger partial charge in [-0.25, -0.2) is 14.5 Å². The molecule has 0 aliphatic rings. The average molecular weight is 428 g/mol. The Kier molecular flexibility index (Phi) is 6.77. The number of carbonyl (C=O) groups excluding carboxylic acids is 1. The molecule has 0 saturated heterocycles. The standard InChI is InChI=1S/C25H25N5O2/c1-32-24-12-11-23(14-22(24)13-19-5-3-2-4-6-19)29-25(31)27-15-20-7-9-21(10-8-20)16-30-18-26-17-28-30/h2-12,14,17-18H,13,15-16H2,1H3,(H2,27,29,31). The van der Waals surface area contributed by atoms with Gasteiger partial charge in [-0.2, -0.15) is 5.10 Å². The maximum Gasteiger partial charge on any atom is 0.319 e. The van der Waals surface area contributed by atoms with Crippen molar-refractivity contribution < 1.29 is 9.53 Å². The van der Waals surface area contributed by atoms with Crippen molar-refractivity contribution in [3.8, 4) is 5.75 Å². The van der Waals surface area contributed by atoms with Crippen LogP contribution in [0.5, 0.6) is 5.75 Å². The molecule has 4 rings (SSSR count). The monoisotopic (exact) mass is 427 g/mol. The third-order valence-corrected chi connectivity index (χ3v) is 5.06. The van der Waals surface area contributed by atoms with Crippen molar-refractivity contribution in [2.24, 2.45) is 0 Å². The van der Waals surface area contributed by atoms with Crippen molar-refractivity contribution in [3.05, 3.63) is 108 Å². The minimum Gasteiger partial charge on any atom is -0.496 e. The Morgan fingerprint density at radius 1 is 0.969 bits per heavy atom.